The molecule has 0 amide bonds. The molecule has 4 aromatic rings. The fourth-order valence-electron chi connectivity index (χ4n) is 3.32. The van der Waals surface area contributed by atoms with Crippen LogP contribution in [0.2, 0.25) is 0 Å². The third-order valence-electron chi connectivity index (χ3n) is 4.57. The summed E-state index contributed by atoms with van der Waals surface area (Å²) in [5, 5.41) is 1.96. The Morgan fingerprint density at radius 2 is 1.81 bits per heavy atom. The number of ether oxygens (including phenoxy) is 1. The minimum Gasteiger partial charge on any atom is -0.481 e. The molecule has 0 aliphatic carbocycles. The average molecular weight is 381 g/mol. The van der Waals surface area contributed by atoms with Gasteiger partial charge in [-0.3, -0.25) is 4.72 Å². The summed E-state index contributed by atoms with van der Waals surface area (Å²) < 4.78 is 35.4. The molecule has 0 aliphatic rings. The first kappa shape index (κ1) is 17.4. The topological polar surface area (TPSA) is 73.2 Å². The summed E-state index contributed by atoms with van der Waals surface area (Å²) in [6.45, 7) is 2.89. The van der Waals surface area contributed by atoms with E-state index >= 15 is 0 Å². The Morgan fingerprint density at radius 3 is 2.52 bits per heavy atom. The third kappa shape index (κ3) is 3.00. The molecule has 1 N–H and O–H groups in total. The van der Waals surface area contributed by atoms with Crippen molar-refractivity contribution < 1.29 is 13.2 Å². The summed E-state index contributed by atoms with van der Waals surface area (Å²) in [4.78, 5) is 4.24. The van der Waals surface area contributed by atoms with Crippen molar-refractivity contribution in [2.24, 2.45) is 0 Å². The molecule has 27 heavy (non-hydrogen) atoms. The third-order valence-corrected chi connectivity index (χ3v) is 5.95. The Bertz CT molecular complexity index is 1230. The normalized spacial score (nSPS) is 11.8. The van der Waals surface area contributed by atoms with Gasteiger partial charge in [0.1, 0.15) is 0 Å². The minimum atomic E-state index is -3.73. The monoisotopic (exact) mass is 381 g/mol. The lowest BCUT2D eigenvalue weighted by Crippen LogP contribution is -2.13. The zero-order chi connectivity index (χ0) is 19.0. The first-order chi connectivity index (χ1) is 13.0. The molecule has 0 saturated carbocycles. The van der Waals surface area contributed by atoms with Crippen molar-refractivity contribution in [2.45, 2.75) is 18.4 Å². The van der Waals surface area contributed by atoms with Crippen LogP contribution in [0.15, 0.2) is 65.7 Å². The van der Waals surface area contributed by atoms with Crippen LogP contribution in [0.5, 0.6) is 5.88 Å². The smallest absolute Gasteiger partial charge is 0.261 e. The highest BCUT2D eigenvalue weighted by Gasteiger charge is 2.17. The quantitative estimate of drug-likeness (QED) is 0.567. The molecule has 2 aromatic heterocycles. The molecule has 0 radical (unpaired) electrons. The van der Waals surface area contributed by atoms with E-state index in [9.17, 15) is 8.42 Å². The van der Waals surface area contributed by atoms with Gasteiger partial charge in [-0.1, -0.05) is 18.2 Å². The minimum absolute atomic E-state index is 0.213. The largest absolute Gasteiger partial charge is 0.481 e. The van der Waals surface area contributed by atoms with Gasteiger partial charge in [0.2, 0.25) is 5.88 Å². The number of hydrogen-bond donors (Lipinski definition) is 1. The van der Waals surface area contributed by atoms with Gasteiger partial charge in [-0.15, -0.1) is 0 Å². The number of aromatic nitrogens is 2. The van der Waals surface area contributed by atoms with Crippen LogP contribution in [0.4, 0.5) is 5.69 Å². The lowest BCUT2D eigenvalue weighted by molar-refractivity contribution is 0.398. The first-order valence-corrected chi connectivity index (χ1v) is 10.1. The predicted octanol–water partition coefficient (Wildman–Crippen LogP) is 4.02. The van der Waals surface area contributed by atoms with E-state index in [2.05, 4.69) is 21.2 Å². The summed E-state index contributed by atoms with van der Waals surface area (Å²) >= 11 is 0. The molecular formula is C20H19N3O3S. The van der Waals surface area contributed by atoms with E-state index in [1.54, 1.807) is 24.3 Å². The molecule has 4 rings (SSSR count). The Labute approximate surface area is 157 Å². The Hall–Kier alpha value is -3.06. The van der Waals surface area contributed by atoms with Crippen LogP contribution in [-0.4, -0.2) is 25.1 Å². The van der Waals surface area contributed by atoms with Gasteiger partial charge in [0.05, 0.1) is 23.9 Å². The van der Waals surface area contributed by atoms with E-state index in [1.165, 1.54) is 13.3 Å². The number of fused-ring (bicyclic) bond motifs is 3. The van der Waals surface area contributed by atoms with Gasteiger partial charge in [0.25, 0.3) is 10.0 Å². The van der Waals surface area contributed by atoms with Gasteiger partial charge in [0, 0.05) is 34.4 Å². The number of methoxy groups -OCH3 is 1. The summed E-state index contributed by atoms with van der Waals surface area (Å²) in [6, 6.07) is 16.5. The Morgan fingerprint density at radius 1 is 1.04 bits per heavy atom. The first-order valence-electron chi connectivity index (χ1n) is 8.57. The van der Waals surface area contributed by atoms with Crippen molar-refractivity contribution in [2.75, 3.05) is 11.8 Å². The number of benzene rings is 2. The number of nitrogens with zero attached hydrogens (tertiary/aromatic N) is 2. The fraction of sp³-hybridized carbons (Fsp3) is 0.150. The van der Waals surface area contributed by atoms with Crippen molar-refractivity contribution in [3.05, 3.63) is 60.8 Å². The lowest BCUT2D eigenvalue weighted by atomic mass is 10.1. The van der Waals surface area contributed by atoms with Gasteiger partial charge >= 0.3 is 0 Å². The van der Waals surface area contributed by atoms with Crippen LogP contribution in [-0.2, 0) is 16.6 Å². The maximum atomic E-state index is 12.8. The Balaban J connectivity index is 1.79. The van der Waals surface area contributed by atoms with Gasteiger partial charge in [-0.2, -0.15) is 0 Å². The van der Waals surface area contributed by atoms with Crippen molar-refractivity contribution in [3.8, 4) is 5.88 Å². The van der Waals surface area contributed by atoms with E-state index in [1.807, 2.05) is 30.3 Å². The number of nitrogens with one attached hydrogen (secondary N) is 1. The number of pyridine rings is 1. The molecule has 7 heteroatoms. The van der Waals surface area contributed by atoms with Gasteiger partial charge < -0.3 is 9.30 Å². The predicted molar refractivity (Wildman–Crippen MR) is 107 cm³/mol. The van der Waals surface area contributed by atoms with Crippen molar-refractivity contribution >= 4 is 37.5 Å². The van der Waals surface area contributed by atoms with Crippen molar-refractivity contribution in [1.82, 2.24) is 9.55 Å². The second kappa shape index (κ2) is 6.59. The van der Waals surface area contributed by atoms with E-state index in [-0.39, 0.29) is 4.90 Å². The molecule has 0 bridgehead atoms. The molecule has 2 aromatic carbocycles. The lowest BCUT2D eigenvalue weighted by Gasteiger charge is -2.09. The summed E-state index contributed by atoms with van der Waals surface area (Å²) in [5.74, 6) is 0.423. The van der Waals surface area contributed by atoms with Gasteiger partial charge in [-0.05, 0) is 37.3 Å². The molecule has 138 valence electrons. The maximum absolute atomic E-state index is 12.8. The van der Waals surface area contributed by atoms with Crippen molar-refractivity contribution in [3.63, 3.8) is 0 Å². The zero-order valence-electron chi connectivity index (χ0n) is 15.0. The summed E-state index contributed by atoms with van der Waals surface area (Å²) in [7, 11) is -2.22. The number of rotatable bonds is 5. The van der Waals surface area contributed by atoms with E-state index < -0.39 is 10.0 Å². The molecular weight excluding hydrogens is 362 g/mol. The number of para-hydroxylation sites is 1. The molecule has 0 spiro atoms. The molecule has 2 heterocycles. The fourth-order valence-corrected chi connectivity index (χ4v) is 4.39. The second-order valence-corrected chi connectivity index (χ2v) is 7.82. The van der Waals surface area contributed by atoms with Crippen LogP contribution in [0.3, 0.4) is 0 Å². The highest BCUT2D eigenvalue weighted by atomic mass is 32.2. The second-order valence-electron chi connectivity index (χ2n) is 6.14. The number of hydrogen-bond acceptors (Lipinski definition) is 4. The SMILES string of the molecule is CCn1c2ccccc2c2cc(S(=O)(=O)Nc3ccc(OC)nc3)ccc21. The molecule has 6 nitrogen and oxygen atoms in total. The van der Waals surface area contributed by atoms with Crippen LogP contribution in [0, 0.1) is 0 Å². The number of aryl methyl sites for hydroxylation is 1. The standard InChI is InChI=1S/C20H19N3O3S/c1-3-23-18-7-5-4-6-16(18)17-12-15(9-10-19(17)23)27(24,25)22-14-8-11-20(26-2)21-13-14/h4-13,22H,3H2,1-2H3. The van der Waals surface area contributed by atoms with Crippen LogP contribution >= 0.6 is 0 Å². The molecule has 0 saturated heterocycles. The molecule has 0 fully saturated rings. The summed E-state index contributed by atoms with van der Waals surface area (Å²) in [6.07, 6.45) is 1.43. The highest BCUT2D eigenvalue weighted by Crippen LogP contribution is 2.31. The van der Waals surface area contributed by atoms with Crippen LogP contribution < -0.4 is 9.46 Å². The van der Waals surface area contributed by atoms with E-state index in [4.69, 9.17) is 4.74 Å². The molecule has 0 unspecified atom stereocenters. The van der Waals surface area contributed by atoms with E-state index in [0.29, 0.717) is 11.6 Å². The Kier molecular flexibility index (Phi) is 4.24. The number of anilines is 1. The maximum Gasteiger partial charge on any atom is 0.261 e. The van der Waals surface area contributed by atoms with Crippen LogP contribution in [0.1, 0.15) is 6.92 Å². The number of sulfonamides is 1. The average Bonchev–Trinajstić information content (AvgIpc) is 3.01. The van der Waals surface area contributed by atoms with Crippen LogP contribution in [0.25, 0.3) is 21.8 Å². The van der Waals surface area contributed by atoms with Gasteiger partial charge in [-0.25, -0.2) is 13.4 Å². The van der Waals surface area contributed by atoms with E-state index in [0.717, 1.165) is 28.4 Å². The molecule has 0 atom stereocenters. The van der Waals surface area contributed by atoms with Gasteiger partial charge in [0.15, 0.2) is 0 Å². The van der Waals surface area contributed by atoms with Crippen molar-refractivity contribution in [1.29, 1.82) is 0 Å². The summed E-state index contributed by atoms with van der Waals surface area (Å²) in [5.41, 5.74) is 2.49. The highest BCUT2D eigenvalue weighted by molar-refractivity contribution is 7.92. The molecule has 0 aliphatic heterocycles. The zero-order valence-corrected chi connectivity index (χ0v) is 15.8.